The Labute approximate surface area is 253 Å². The molecule has 0 unspecified atom stereocenters. The standard InChI is InChI=1S/C32H38ClN3O5S/c1-4-41-28-17-15-27(16-18-28)36(42(39,40)29-19-13-23(2)14-20-29)22-31(37)35(21-25-9-5-8-12-30(25)33)24(3)32(38)34-26-10-6-7-11-26/h5,8-9,12-20,24,26H,4,6-7,10-11,21-22H2,1-3H3,(H,34,38)/t24-/m1/s1. The van der Waals surface area contributed by atoms with Crippen molar-refractivity contribution < 1.29 is 22.7 Å². The van der Waals surface area contributed by atoms with Gasteiger partial charge in [-0.2, -0.15) is 0 Å². The number of anilines is 1. The molecule has 4 rings (SSSR count). The quantitative estimate of drug-likeness (QED) is 0.283. The molecule has 0 heterocycles. The number of ether oxygens (including phenoxy) is 1. The number of carbonyl (C=O) groups is 2. The van der Waals surface area contributed by atoms with Crippen molar-refractivity contribution in [3.05, 3.63) is 88.9 Å². The molecule has 0 aromatic heterocycles. The van der Waals surface area contributed by atoms with E-state index in [-0.39, 0.29) is 23.4 Å². The topological polar surface area (TPSA) is 96.0 Å². The van der Waals surface area contributed by atoms with Crippen molar-refractivity contribution in [2.24, 2.45) is 0 Å². The first-order chi connectivity index (χ1) is 20.1. The normalized spacial score (nSPS) is 14.3. The Balaban J connectivity index is 1.69. The zero-order valence-electron chi connectivity index (χ0n) is 24.3. The van der Waals surface area contributed by atoms with Crippen LogP contribution in [-0.4, -0.2) is 50.4 Å². The maximum Gasteiger partial charge on any atom is 0.264 e. The van der Waals surface area contributed by atoms with Crippen molar-refractivity contribution in [1.82, 2.24) is 10.2 Å². The van der Waals surface area contributed by atoms with Gasteiger partial charge in [0, 0.05) is 17.6 Å². The molecule has 1 aliphatic carbocycles. The number of nitrogens with zero attached hydrogens (tertiary/aromatic N) is 2. The highest BCUT2D eigenvalue weighted by Crippen LogP contribution is 2.27. The molecule has 1 fully saturated rings. The van der Waals surface area contributed by atoms with Gasteiger partial charge in [0.2, 0.25) is 11.8 Å². The Morgan fingerprint density at radius 2 is 1.64 bits per heavy atom. The maximum absolute atomic E-state index is 14.1. The zero-order chi connectivity index (χ0) is 30.3. The summed E-state index contributed by atoms with van der Waals surface area (Å²) in [7, 11) is -4.15. The molecule has 10 heteroatoms. The van der Waals surface area contributed by atoms with E-state index >= 15 is 0 Å². The number of amides is 2. The summed E-state index contributed by atoms with van der Waals surface area (Å²) in [5.41, 5.74) is 1.86. The average molecular weight is 612 g/mol. The van der Waals surface area contributed by atoms with E-state index < -0.39 is 28.5 Å². The monoisotopic (exact) mass is 611 g/mol. The summed E-state index contributed by atoms with van der Waals surface area (Å²) < 4.78 is 34.6. The van der Waals surface area contributed by atoms with E-state index in [1.807, 2.05) is 13.8 Å². The van der Waals surface area contributed by atoms with Crippen molar-refractivity contribution in [2.45, 2.75) is 70.0 Å². The first kappa shape index (κ1) is 31.4. The fraction of sp³-hybridized carbons (Fsp3) is 0.375. The molecule has 2 amide bonds. The molecule has 1 N–H and O–H groups in total. The predicted octanol–water partition coefficient (Wildman–Crippen LogP) is 5.72. The molecule has 0 saturated heterocycles. The van der Waals surface area contributed by atoms with Crippen LogP contribution in [0, 0.1) is 6.92 Å². The fourth-order valence-corrected chi connectivity index (χ4v) is 6.64. The van der Waals surface area contributed by atoms with Gasteiger partial charge in [-0.1, -0.05) is 60.3 Å². The molecule has 224 valence electrons. The van der Waals surface area contributed by atoms with Crippen molar-refractivity contribution >= 4 is 39.1 Å². The third kappa shape index (κ3) is 7.63. The summed E-state index contributed by atoms with van der Waals surface area (Å²) in [5.74, 6) is -0.234. The molecule has 1 atom stereocenters. The molecule has 1 aliphatic rings. The highest BCUT2D eigenvalue weighted by atomic mass is 35.5. The lowest BCUT2D eigenvalue weighted by atomic mass is 10.1. The average Bonchev–Trinajstić information content (AvgIpc) is 3.49. The minimum absolute atomic E-state index is 0.0411. The minimum Gasteiger partial charge on any atom is -0.494 e. The SMILES string of the molecule is CCOc1ccc(N(CC(=O)N(Cc2ccccc2Cl)[C@H](C)C(=O)NC2CCCC2)S(=O)(=O)c2ccc(C)cc2)cc1. The molecule has 0 spiro atoms. The van der Waals surface area contributed by atoms with Crippen molar-refractivity contribution in [3.8, 4) is 5.75 Å². The molecule has 0 radical (unpaired) electrons. The Morgan fingerprint density at radius 1 is 1.00 bits per heavy atom. The number of hydrogen-bond donors (Lipinski definition) is 1. The van der Waals surface area contributed by atoms with Gasteiger partial charge in [0.25, 0.3) is 10.0 Å². The Kier molecular flexibility index (Phi) is 10.5. The van der Waals surface area contributed by atoms with E-state index in [0.29, 0.717) is 28.6 Å². The Hall–Kier alpha value is -3.56. The van der Waals surface area contributed by atoms with Crippen LogP contribution in [0.25, 0.3) is 0 Å². The van der Waals surface area contributed by atoms with Crippen molar-refractivity contribution in [1.29, 1.82) is 0 Å². The summed E-state index contributed by atoms with van der Waals surface area (Å²) in [4.78, 5) is 28.9. The Morgan fingerprint density at radius 3 is 2.26 bits per heavy atom. The number of halogens is 1. The number of hydrogen-bond acceptors (Lipinski definition) is 5. The molecule has 3 aromatic carbocycles. The summed E-state index contributed by atoms with van der Waals surface area (Å²) in [6, 6.07) is 19.3. The van der Waals surface area contributed by atoms with Crippen LogP contribution >= 0.6 is 11.6 Å². The van der Waals surface area contributed by atoms with E-state index in [0.717, 1.165) is 35.6 Å². The van der Waals surface area contributed by atoms with E-state index in [1.165, 1.54) is 17.0 Å². The molecule has 3 aromatic rings. The largest absolute Gasteiger partial charge is 0.494 e. The molecule has 8 nitrogen and oxygen atoms in total. The van der Waals surface area contributed by atoms with Crippen LogP contribution in [0.1, 0.15) is 50.7 Å². The summed E-state index contributed by atoms with van der Waals surface area (Å²) in [6.07, 6.45) is 3.90. The number of nitrogens with one attached hydrogen (secondary N) is 1. The predicted molar refractivity (Wildman–Crippen MR) is 165 cm³/mol. The van der Waals surface area contributed by atoms with Gasteiger partial charge in [-0.15, -0.1) is 0 Å². The van der Waals surface area contributed by atoms with Gasteiger partial charge < -0.3 is 15.0 Å². The lowest BCUT2D eigenvalue weighted by molar-refractivity contribution is -0.139. The number of carbonyl (C=O) groups excluding carboxylic acids is 2. The van der Waals surface area contributed by atoms with Gasteiger partial charge in [-0.3, -0.25) is 13.9 Å². The van der Waals surface area contributed by atoms with Crippen molar-refractivity contribution in [3.63, 3.8) is 0 Å². The van der Waals surface area contributed by atoms with E-state index in [2.05, 4.69) is 5.32 Å². The van der Waals surface area contributed by atoms with Crippen LogP contribution in [0.4, 0.5) is 5.69 Å². The van der Waals surface area contributed by atoms with E-state index in [1.54, 1.807) is 67.6 Å². The second-order valence-corrected chi connectivity index (χ2v) is 12.8. The smallest absolute Gasteiger partial charge is 0.264 e. The molecule has 42 heavy (non-hydrogen) atoms. The summed E-state index contributed by atoms with van der Waals surface area (Å²) in [6.45, 7) is 5.37. The third-order valence-corrected chi connectivity index (χ3v) is 9.65. The van der Waals surface area contributed by atoms with Gasteiger partial charge in [0.1, 0.15) is 18.3 Å². The second-order valence-electron chi connectivity index (χ2n) is 10.5. The number of benzene rings is 3. The zero-order valence-corrected chi connectivity index (χ0v) is 25.8. The summed E-state index contributed by atoms with van der Waals surface area (Å²) >= 11 is 6.45. The van der Waals surface area contributed by atoms with Crippen LogP contribution < -0.4 is 14.4 Å². The highest BCUT2D eigenvalue weighted by molar-refractivity contribution is 7.92. The van der Waals surface area contributed by atoms with Crippen LogP contribution in [-0.2, 0) is 26.2 Å². The van der Waals surface area contributed by atoms with Gasteiger partial charge in [0.15, 0.2) is 0 Å². The first-order valence-electron chi connectivity index (χ1n) is 14.3. The Bertz CT molecular complexity index is 1470. The van der Waals surface area contributed by atoms with Crippen molar-refractivity contribution in [2.75, 3.05) is 17.5 Å². The lowest BCUT2D eigenvalue weighted by Crippen LogP contribution is -2.52. The van der Waals surface area contributed by atoms with Gasteiger partial charge in [0.05, 0.1) is 17.2 Å². The highest BCUT2D eigenvalue weighted by Gasteiger charge is 2.33. The number of rotatable bonds is 12. The molecule has 0 aliphatic heterocycles. The molecular weight excluding hydrogens is 574 g/mol. The second kappa shape index (κ2) is 14.1. The number of aryl methyl sites for hydroxylation is 1. The van der Waals surface area contributed by atoms with Gasteiger partial charge in [-0.05, 0) is 81.6 Å². The van der Waals surface area contributed by atoms with E-state index in [9.17, 15) is 18.0 Å². The lowest BCUT2D eigenvalue weighted by Gasteiger charge is -2.32. The van der Waals surface area contributed by atoms with Gasteiger partial charge in [-0.25, -0.2) is 8.42 Å². The molecular formula is C32H38ClN3O5S. The first-order valence-corrected chi connectivity index (χ1v) is 16.1. The van der Waals surface area contributed by atoms with E-state index in [4.69, 9.17) is 16.3 Å². The van der Waals surface area contributed by atoms with Crippen LogP contribution in [0.5, 0.6) is 5.75 Å². The summed E-state index contributed by atoms with van der Waals surface area (Å²) in [5, 5.41) is 3.52. The van der Waals surface area contributed by atoms with Crippen LogP contribution in [0.3, 0.4) is 0 Å². The fourth-order valence-electron chi connectivity index (χ4n) is 5.03. The van der Waals surface area contributed by atoms with Crippen LogP contribution in [0.2, 0.25) is 5.02 Å². The molecule has 1 saturated carbocycles. The van der Waals surface area contributed by atoms with Gasteiger partial charge >= 0.3 is 0 Å². The third-order valence-electron chi connectivity index (χ3n) is 7.49. The number of sulfonamides is 1. The minimum atomic E-state index is -4.15. The maximum atomic E-state index is 14.1. The molecule has 0 bridgehead atoms. The van der Waals surface area contributed by atoms with Crippen LogP contribution in [0.15, 0.2) is 77.7 Å².